The lowest BCUT2D eigenvalue weighted by Gasteiger charge is -2.13. The first-order valence-corrected chi connectivity index (χ1v) is 12.2. The number of nitrogens with two attached hydrogens (primary N) is 1. The maximum absolute atomic E-state index is 12.6. The van der Waals surface area contributed by atoms with Crippen molar-refractivity contribution >= 4 is 60.3 Å². The summed E-state index contributed by atoms with van der Waals surface area (Å²) in [6.07, 6.45) is 0.870. The van der Waals surface area contributed by atoms with Crippen LogP contribution in [-0.4, -0.2) is 29.1 Å². The lowest BCUT2D eigenvalue weighted by atomic mass is 10.3. The Morgan fingerprint density at radius 2 is 1.97 bits per heavy atom. The van der Waals surface area contributed by atoms with Crippen molar-refractivity contribution in [3.05, 3.63) is 46.9 Å². The Balaban J connectivity index is 1.86. The predicted octanol–water partition coefficient (Wildman–Crippen LogP) is 3.98. The minimum absolute atomic E-state index is 0.0173. The van der Waals surface area contributed by atoms with Gasteiger partial charge in [-0.25, -0.2) is 18.5 Å². The van der Waals surface area contributed by atoms with Crippen LogP contribution in [0.25, 0.3) is 11.0 Å². The van der Waals surface area contributed by atoms with Crippen molar-refractivity contribution in [2.24, 2.45) is 5.14 Å². The Bertz CT molecular complexity index is 1140. The molecule has 0 saturated heterocycles. The maximum atomic E-state index is 12.6. The highest BCUT2D eigenvalue weighted by molar-refractivity contribution is 9.10. The van der Waals surface area contributed by atoms with Crippen molar-refractivity contribution < 1.29 is 13.2 Å². The number of hydrogen-bond acceptors (Lipinski definition) is 5. The van der Waals surface area contributed by atoms with Crippen LogP contribution in [-0.2, 0) is 21.4 Å². The van der Waals surface area contributed by atoms with E-state index in [0.717, 1.165) is 16.4 Å². The number of hydrogen-bond donors (Lipinski definition) is 2. The second-order valence-electron chi connectivity index (χ2n) is 6.50. The summed E-state index contributed by atoms with van der Waals surface area (Å²) >= 11 is 4.70. The number of amides is 1. The molecular weight excluding hydrogens is 476 g/mol. The van der Waals surface area contributed by atoms with Crippen molar-refractivity contribution in [2.75, 3.05) is 5.32 Å². The largest absolute Gasteiger partial charge is 0.325 e. The molecular formula is C19H21BrN4O3S2. The fraction of sp³-hybridized carbons (Fsp3) is 0.263. The number of thioether (sulfide) groups is 1. The molecule has 0 aliphatic carbocycles. The number of carbonyl (C=O) groups is 1. The van der Waals surface area contributed by atoms with Crippen molar-refractivity contribution in [3.63, 3.8) is 0 Å². The van der Waals surface area contributed by atoms with Gasteiger partial charge in [0.1, 0.15) is 0 Å². The van der Waals surface area contributed by atoms with Crippen molar-refractivity contribution in [2.45, 2.75) is 42.1 Å². The number of anilines is 1. The Kier molecular flexibility index (Phi) is 6.67. The van der Waals surface area contributed by atoms with E-state index in [-0.39, 0.29) is 10.8 Å². The average molecular weight is 497 g/mol. The standard InChI is InChI=1S/C19H21BrN4O3S2/c1-3-10-24-17-9-8-15(29(21,26)27)11-16(17)23-19(24)28-12(2)18(25)22-14-6-4-13(20)5-7-14/h4-9,11-12H,3,10H2,1-2H3,(H,22,25)(H2,21,26,27). The number of halogens is 1. The molecule has 29 heavy (non-hydrogen) atoms. The summed E-state index contributed by atoms with van der Waals surface area (Å²) < 4.78 is 26.2. The molecule has 7 nitrogen and oxygen atoms in total. The van der Waals surface area contributed by atoms with Crippen LogP contribution in [0.2, 0.25) is 0 Å². The van der Waals surface area contributed by atoms with Gasteiger partial charge >= 0.3 is 0 Å². The Hall–Kier alpha value is -1.88. The summed E-state index contributed by atoms with van der Waals surface area (Å²) in [6.45, 7) is 4.56. The van der Waals surface area contributed by atoms with Crippen molar-refractivity contribution in [3.8, 4) is 0 Å². The molecule has 0 saturated carbocycles. The average Bonchev–Trinajstić information content (AvgIpc) is 2.99. The number of nitrogens with one attached hydrogen (secondary N) is 1. The Labute approximate surface area is 182 Å². The van der Waals surface area contributed by atoms with E-state index in [4.69, 9.17) is 5.14 Å². The van der Waals surface area contributed by atoms with Crippen LogP contribution in [0.1, 0.15) is 20.3 Å². The molecule has 2 aromatic carbocycles. The number of aromatic nitrogens is 2. The highest BCUT2D eigenvalue weighted by atomic mass is 79.9. The summed E-state index contributed by atoms with van der Waals surface area (Å²) in [6, 6.07) is 12.0. The molecule has 0 bridgehead atoms. The maximum Gasteiger partial charge on any atom is 0.238 e. The van der Waals surface area contributed by atoms with Gasteiger partial charge in [0.25, 0.3) is 0 Å². The first-order chi connectivity index (χ1) is 13.7. The van der Waals surface area contributed by atoms with Crippen LogP contribution in [0.4, 0.5) is 5.69 Å². The van der Waals surface area contributed by atoms with Gasteiger partial charge in [0.15, 0.2) is 5.16 Å². The molecule has 1 aromatic heterocycles. The third-order valence-corrected chi connectivity index (χ3v) is 6.75. The fourth-order valence-electron chi connectivity index (χ4n) is 2.78. The molecule has 1 amide bonds. The number of imidazole rings is 1. The van der Waals surface area contributed by atoms with E-state index < -0.39 is 15.3 Å². The van der Waals surface area contributed by atoms with Gasteiger partial charge in [0, 0.05) is 16.7 Å². The molecule has 3 aromatic rings. The van der Waals surface area contributed by atoms with Gasteiger partial charge in [0.2, 0.25) is 15.9 Å². The van der Waals surface area contributed by atoms with Gasteiger partial charge in [-0.2, -0.15) is 0 Å². The molecule has 0 radical (unpaired) electrons. The quantitative estimate of drug-likeness (QED) is 0.481. The molecule has 0 aliphatic rings. The summed E-state index contributed by atoms with van der Waals surface area (Å²) in [5.74, 6) is -0.141. The third-order valence-electron chi connectivity index (χ3n) is 4.22. The fourth-order valence-corrected chi connectivity index (χ4v) is 4.53. The van der Waals surface area contributed by atoms with E-state index in [2.05, 4.69) is 26.2 Å². The van der Waals surface area contributed by atoms with Crippen molar-refractivity contribution in [1.82, 2.24) is 9.55 Å². The van der Waals surface area contributed by atoms with Crippen LogP contribution in [0.3, 0.4) is 0 Å². The van der Waals surface area contributed by atoms with E-state index in [9.17, 15) is 13.2 Å². The minimum atomic E-state index is -3.81. The highest BCUT2D eigenvalue weighted by Gasteiger charge is 2.20. The number of aryl methyl sites for hydroxylation is 1. The van der Waals surface area contributed by atoms with Gasteiger partial charge in [0.05, 0.1) is 21.2 Å². The summed E-state index contributed by atoms with van der Waals surface area (Å²) in [5.41, 5.74) is 2.06. The summed E-state index contributed by atoms with van der Waals surface area (Å²) in [7, 11) is -3.81. The normalized spacial score (nSPS) is 12.8. The van der Waals surface area contributed by atoms with Crippen LogP contribution < -0.4 is 10.5 Å². The van der Waals surface area contributed by atoms with E-state index in [1.165, 1.54) is 23.9 Å². The zero-order valence-electron chi connectivity index (χ0n) is 15.9. The number of primary sulfonamides is 1. The number of sulfonamides is 1. The third kappa shape index (κ3) is 5.19. The van der Waals surface area contributed by atoms with Crippen LogP contribution in [0.5, 0.6) is 0 Å². The molecule has 3 rings (SSSR count). The zero-order valence-corrected chi connectivity index (χ0v) is 19.1. The van der Waals surface area contributed by atoms with Gasteiger partial charge in [-0.15, -0.1) is 0 Å². The molecule has 1 atom stereocenters. The zero-order chi connectivity index (χ0) is 21.2. The molecule has 0 spiro atoms. The minimum Gasteiger partial charge on any atom is -0.325 e. The van der Waals surface area contributed by atoms with Gasteiger partial charge in [-0.05, 0) is 55.8 Å². The lowest BCUT2D eigenvalue weighted by Crippen LogP contribution is -2.22. The summed E-state index contributed by atoms with van der Waals surface area (Å²) in [4.78, 5) is 17.2. The Morgan fingerprint density at radius 1 is 1.28 bits per heavy atom. The molecule has 3 N–H and O–H groups in total. The summed E-state index contributed by atoms with van der Waals surface area (Å²) in [5, 5.41) is 8.38. The SMILES string of the molecule is CCCn1c(SC(C)C(=O)Nc2ccc(Br)cc2)nc2cc(S(N)(=O)=O)ccc21. The second kappa shape index (κ2) is 8.86. The smallest absolute Gasteiger partial charge is 0.238 e. The molecule has 10 heteroatoms. The van der Waals surface area contributed by atoms with E-state index >= 15 is 0 Å². The van der Waals surface area contributed by atoms with Crippen LogP contribution in [0, 0.1) is 0 Å². The topological polar surface area (TPSA) is 107 Å². The number of nitrogens with zero attached hydrogens (tertiary/aromatic N) is 2. The van der Waals surface area contributed by atoms with Crippen LogP contribution in [0.15, 0.2) is 57.0 Å². The van der Waals surface area contributed by atoms with E-state index in [0.29, 0.717) is 22.9 Å². The van der Waals surface area contributed by atoms with Crippen molar-refractivity contribution in [1.29, 1.82) is 0 Å². The first-order valence-electron chi connectivity index (χ1n) is 8.95. The molecule has 1 unspecified atom stereocenters. The van der Waals surface area contributed by atoms with Crippen LogP contribution >= 0.6 is 27.7 Å². The highest BCUT2D eigenvalue weighted by Crippen LogP contribution is 2.29. The number of fused-ring (bicyclic) bond motifs is 1. The van der Waals surface area contributed by atoms with Gasteiger partial charge < -0.3 is 9.88 Å². The monoisotopic (exact) mass is 496 g/mol. The number of benzene rings is 2. The number of rotatable bonds is 7. The van der Waals surface area contributed by atoms with E-state index in [1.54, 1.807) is 6.07 Å². The van der Waals surface area contributed by atoms with Gasteiger partial charge in [-0.1, -0.05) is 34.6 Å². The molecule has 0 fully saturated rings. The molecule has 1 heterocycles. The van der Waals surface area contributed by atoms with E-state index in [1.807, 2.05) is 42.7 Å². The number of carbonyl (C=O) groups excluding carboxylic acids is 1. The second-order valence-corrected chi connectivity index (χ2v) is 10.3. The first kappa shape index (κ1) is 21.8. The van der Waals surface area contributed by atoms with Gasteiger partial charge in [-0.3, -0.25) is 4.79 Å². The lowest BCUT2D eigenvalue weighted by molar-refractivity contribution is -0.115. The molecule has 154 valence electrons. The molecule has 0 aliphatic heterocycles. The Morgan fingerprint density at radius 3 is 2.59 bits per heavy atom. The predicted molar refractivity (Wildman–Crippen MR) is 119 cm³/mol.